The summed E-state index contributed by atoms with van der Waals surface area (Å²) in [7, 11) is 0. The van der Waals surface area contributed by atoms with E-state index in [1.165, 1.54) is 12.1 Å². The van der Waals surface area contributed by atoms with Gasteiger partial charge in [-0.2, -0.15) is 4.98 Å². The van der Waals surface area contributed by atoms with Gasteiger partial charge in [-0.25, -0.2) is 4.39 Å². The first-order valence-corrected chi connectivity index (χ1v) is 9.76. The molecule has 1 N–H and O–H groups in total. The first kappa shape index (κ1) is 20.3. The lowest BCUT2D eigenvalue weighted by atomic mass is 10.1. The van der Waals surface area contributed by atoms with E-state index in [-0.39, 0.29) is 17.6 Å². The lowest BCUT2D eigenvalue weighted by molar-refractivity contribution is 0.0932. The van der Waals surface area contributed by atoms with Crippen molar-refractivity contribution in [3.8, 4) is 17.1 Å². The highest BCUT2D eigenvalue weighted by molar-refractivity contribution is 5.94. The summed E-state index contributed by atoms with van der Waals surface area (Å²) < 4.78 is 24.0. The molecule has 0 aliphatic rings. The first-order chi connectivity index (χ1) is 15.1. The second kappa shape index (κ2) is 9.21. The van der Waals surface area contributed by atoms with E-state index in [0.29, 0.717) is 23.6 Å². The van der Waals surface area contributed by atoms with Crippen molar-refractivity contribution in [3.05, 3.63) is 102 Å². The van der Waals surface area contributed by atoms with Crippen LogP contribution in [0.1, 0.15) is 34.8 Å². The number of amides is 1. The molecule has 0 radical (unpaired) electrons. The van der Waals surface area contributed by atoms with Crippen LogP contribution in [0.3, 0.4) is 0 Å². The maximum absolute atomic E-state index is 13.1. The van der Waals surface area contributed by atoms with E-state index in [0.717, 1.165) is 11.3 Å². The van der Waals surface area contributed by atoms with E-state index < -0.39 is 6.04 Å². The molecule has 4 rings (SSSR count). The minimum atomic E-state index is -0.490. The van der Waals surface area contributed by atoms with Crippen molar-refractivity contribution in [1.29, 1.82) is 0 Å². The number of carbonyl (C=O) groups excluding carboxylic acids is 1. The molecule has 4 aromatic rings. The fourth-order valence-corrected chi connectivity index (χ4v) is 2.90. The summed E-state index contributed by atoms with van der Waals surface area (Å²) in [6.45, 7) is 2.17. The molecule has 1 unspecified atom stereocenters. The Labute approximate surface area is 178 Å². The third-order valence-corrected chi connectivity index (χ3v) is 4.63. The van der Waals surface area contributed by atoms with Crippen LogP contribution in [-0.2, 0) is 6.61 Å². The Hall–Kier alpha value is -4.00. The van der Waals surface area contributed by atoms with Crippen molar-refractivity contribution in [2.24, 2.45) is 0 Å². The zero-order valence-electron chi connectivity index (χ0n) is 16.8. The van der Waals surface area contributed by atoms with Gasteiger partial charge < -0.3 is 14.6 Å². The molecule has 1 atom stereocenters. The predicted molar refractivity (Wildman–Crippen MR) is 113 cm³/mol. The largest absolute Gasteiger partial charge is 0.489 e. The number of rotatable bonds is 7. The molecule has 0 spiro atoms. The molecule has 0 aliphatic carbocycles. The van der Waals surface area contributed by atoms with E-state index >= 15 is 0 Å². The first-order valence-electron chi connectivity index (χ1n) is 9.76. The lowest BCUT2D eigenvalue weighted by Gasteiger charge is -2.10. The number of nitrogens with one attached hydrogen (secondary N) is 1. The Morgan fingerprint density at radius 3 is 2.45 bits per heavy atom. The topological polar surface area (TPSA) is 77.2 Å². The highest BCUT2D eigenvalue weighted by Gasteiger charge is 2.18. The number of nitrogens with zero attached hydrogens (tertiary/aromatic N) is 2. The number of hydrogen-bond donors (Lipinski definition) is 1. The molecule has 0 aliphatic heterocycles. The van der Waals surface area contributed by atoms with E-state index in [2.05, 4.69) is 15.5 Å². The smallest absolute Gasteiger partial charge is 0.251 e. The van der Waals surface area contributed by atoms with E-state index in [4.69, 9.17) is 9.26 Å². The second-order valence-electron chi connectivity index (χ2n) is 6.96. The monoisotopic (exact) mass is 417 g/mol. The summed E-state index contributed by atoms with van der Waals surface area (Å²) in [6.07, 6.45) is 0. The maximum atomic E-state index is 13.1. The number of carbonyl (C=O) groups is 1. The molecule has 1 amide bonds. The zero-order chi connectivity index (χ0) is 21.6. The van der Waals surface area contributed by atoms with Crippen molar-refractivity contribution in [1.82, 2.24) is 15.5 Å². The molecule has 0 saturated carbocycles. The molecule has 156 valence electrons. The molecule has 1 heterocycles. The van der Waals surface area contributed by atoms with Crippen LogP contribution in [0.4, 0.5) is 4.39 Å². The van der Waals surface area contributed by atoms with Gasteiger partial charge in [0.2, 0.25) is 11.7 Å². The average Bonchev–Trinajstić information content (AvgIpc) is 3.30. The number of hydrogen-bond acceptors (Lipinski definition) is 5. The summed E-state index contributed by atoms with van der Waals surface area (Å²) >= 11 is 0. The third kappa shape index (κ3) is 5.14. The zero-order valence-corrected chi connectivity index (χ0v) is 16.8. The van der Waals surface area contributed by atoms with Crippen LogP contribution in [0.25, 0.3) is 11.4 Å². The van der Waals surface area contributed by atoms with Gasteiger partial charge in [0.1, 0.15) is 24.2 Å². The van der Waals surface area contributed by atoms with Crippen molar-refractivity contribution in [2.45, 2.75) is 19.6 Å². The van der Waals surface area contributed by atoms with Crippen molar-refractivity contribution in [2.75, 3.05) is 0 Å². The third-order valence-electron chi connectivity index (χ3n) is 4.63. The number of ether oxygens (including phenoxy) is 1. The van der Waals surface area contributed by atoms with Crippen LogP contribution >= 0.6 is 0 Å². The molecule has 31 heavy (non-hydrogen) atoms. The minimum absolute atomic E-state index is 0.260. The van der Waals surface area contributed by atoms with Crippen molar-refractivity contribution >= 4 is 5.91 Å². The van der Waals surface area contributed by atoms with E-state index in [1.54, 1.807) is 31.2 Å². The molecule has 3 aromatic carbocycles. The average molecular weight is 417 g/mol. The number of aromatic nitrogens is 2. The standard InChI is InChI=1S/C24H20FN3O3/c1-16(24-27-22(28-31-24)18-11-13-20(25)14-12-18)26-23(29)19-9-7-17(8-10-19)15-30-21-5-3-2-4-6-21/h2-14,16H,15H2,1H3,(H,26,29). The van der Waals surface area contributed by atoms with Crippen molar-refractivity contribution in [3.63, 3.8) is 0 Å². The van der Waals surface area contributed by atoms with E-state index in [9.17, 15) is 9.18 Å². The molecular formula is C24H20FN3O3. The normalized spacial score (nSPS) is 11.7. The molecule has 0 fully saturated rings. The van der Waals surface area contributed by atoms with Gasteiger partial charge in [0.25, 0.3) is 5.91 Å². The second-order valence-corrected chi connectivity index (χ2v) is 6.96. The lowest BCUT2D eigenvalue weighted by Crippen LogP contribution is -2.26. The molecule has 0 saturated heterocycles. The SMILES string of the molecule is CC(NC(=O)c1ccc(COc2ccccc2)cc1)c1nc(-c2ccc(F)cc2)no1. The summed E-state index contributed by atoms with van der Waals surface area (Å²) in [5, 5.41) is 6.74. The van der Waals surface area contributed by atoms with Gasteiger partial charge in [0.05, 0.1) is 0 Å². The highest BCUT2D eigenvalue weighted by Crippen LogP contribution is 2.19. The van der Waals surface area contributed by atoms with Gasteiger partial charge in [0, 0.05) is 11.1 Å². The van der Waals surface area contributed by atoms with Crippen LogP contribution in [0.5, 0.6) is 5.75 Å². The van der Waals surface area contributed by atoms with Crippen LogP contribution in [-0.4, -0.2) is 16.0 Å². The van der Waals surface area contributed by atoms with Gasteiger partial charge in [-0.15, -0.1) is 0 Å². The molecule has 0 bridgehead atoms. The van der Waals surface area contributed by atoms with Crippen LogP contribution in [0.2, 0.25) is 0 Å². The van der Waals surface area contributed by atoms with Gasteiger partial charge in [0.15, 0.2) is 0 Å². The number of para-hydroxylation sites is 1. The van der Waals surface area contributed by atoms with Crippen LogP contribution < -0.4 is 10.1 Å². The highest BCUT2D eigenvalue weighted by atomic mass is 19.1. The van der Waals surface area contributed by atoms with Crippen LogP contribution in [0.15, 0.2) is 83.4 Å². The van der Waals surface area contributed by atoms with Gasteiger partial charge in [-0.05, 0) is 61.0 Å². The summed E-state index contributed by atoms with van der Waals surface area (Å²) in [6, 6.07) is 22.0. The molecule has 7 heteroatoms. The Morgan fingerprint density at radius 2 is 1.74 bits per heavy atom. The van der Waals surface area contributed by atoms with Crippen molar-refractivity contribution < 1.29 is 18.4 Å². The Morgan fingerprint density at radius 1 is 1.03 bits per heavy atom. The Bertz CT molecular complexity index is 1140. The van der Waals surface area contributed by atoms with Gasteiger partial charge in [-0.3, -0.25) is 4.79 Å². The number of benzene rings is 3. The predicted octanol–water partition coefficient (Wildman–Crippen LogP) is 4.95. The molecule has 1 aromatic heterocycles. The summed E-state index contributed by atoms with van der Waals surface area (Å²) in [5.41, 5.74) is 2.09. The van der Waals surface area contributed by atoms with Gasteiger partial charge in [-0.1, -0.05) is 35.5 Å². The Balaban J connectivity index is 1.35. The van der Waals surface area contributed by atoms with Crippen LogP contribution in [0, 0.1) is 5.82 Å². The number of halogens is 1. The fraction of sp³-hybridized carbons (Fsp3) is 0.125. The van der Waals surface area contributed by atoms with Gasteiger partial charge >= 0.3 is 0 Å². The Kier molecular flexibility index (Phi) is 6.03. The maximum Gasteiger partial charge on any atom is 0.251 e. The minimum Gasteiger partial charge on any atom is -0.489 e. The van der Waals surface area contributed by atoms with E-state index in [1.807, 2.05) is 42.5 Å². The molecule has 6 nitrogen and oxygen atoms in total. The summed E-state index contributed by atoms with van der Waals surface area (Å²) in [4.78, 5) is 16.9. The summed E-state index contributed by atoms with van der Waals surface area (Å²) in [5.74, 6) is 0.785. The molecular weight excluding hydrogens is 397 g/mol. The fourth-order valence-electron chi connectivity index (χ4n) is 2.90. The quantitative estimate of drug-likeness (QED) is 0.461.